The summed E-state index contributed by atoms with van der Waals surface area (Å²) in [5, 5.41) is 10.2. The Bertz CT molecular complexity index is 927. The van der Waals surface area contributed by atoms with Gasteiger partial charge in [0.25, 0.3) is 0 Å². The van der Waals surface area contributed by atoms with Gasteiger partial charge in [-0.2, -0.15) is 0 Å². The number of rotatable bonds is 11. The van der Waals surface area contributed by atoms with Gasteiger partial charge in [-0.15, -0.1) is 0 Å². The van der Waals surface area contributed by atoms with Gasteiger partial charge in [0.2, 0.25) is 0 Å². The molecule has 5 nitrogen and oxygen atoms in total. The van der Waals surface area contributed by atoms with E-state index in [-0.39, 0.29) is 28.7 Å². The van der Waals surface area contributed by atoms with Crippen LogP contribution in [-0.4, -0.2) is 53.8 Å². The molecule has 1 aromatic rings. The molecule has 4 atom stereocenters. The molecule has 1 saturated carbocycles. The van der Waals surface area contributed by atoms with Crippen molar-refractivity contribution in [1.82, 2.24) is 0 Å². The average Bonchev–Trinajstić information content (AvgIpc) is 3.02. The molecular formula is C31H56O5Si2. The van der Waals surface area contributed by atoms with Crippen LogP contribution in [0.25, 0.3) is 0 Å². The van der Waals surface area contributed by atoms with Gasteiger partial charge in [-0.05, 0) is 73.2 Å². The molecule has 0 aromatic heterocycles. The van der Waals surface area contributed by atoms with Crippen molar-refractivity contribution in [2.45, 2.75) is 116 Å². The average molecular weight is 565 g/mol. The molecule has 0 saturated heterocycles. The Hall–Kier alpha value is -0.966. The summed E-state index contributed by atoms with van der Waals surface area (Å²) in [4.78, 5) is 0. The van der Waals surface area contributed by atoms with Crippen LogP contribution in [0.5, 0.6) is 5.75 Å². The van der Waals surface area contributed by atoms with Crippen LogP contribution in [-0.2, 0) is 20.2 Å². The van der Waals surface area contributed by atoms with Gasteiger partial charge < -0.3 is 23.4 Å². The molecule has 1 aliphatic carbocycles. The van der Waals surface area contributed by atoms with Gasteiger partial charge in [0.1, 0.15) is 5.75 Å². The van der Waals surface area contributed by atoms with Crippen LogP contribution in [0.15, 0.2) is 35.9 Å². The van der Waals surface area contributed by atoms with Gasteiger partial charge in [-0.25, -0.2) is 0 Å². The molecule has 1 N–H and O–H groups in total. The Morgan fingerprint density at radius 3 is 2.03 bits per heavy atom. The van der Waals surface area contributed by atoms with Gasteiger partial charge >= 0.3 is 0 Å². The Balaban J connectivity index is 2.52. The van der Waals surface area contributed by atoms with E-state index in [0.717, 1.165) is 23.3 Å². The molecule has 0 amide bonds. The second-order valence-electron chi connectivity index (χ2n) is 14.5. The van der Waals surface area contributed by atoms with E-state index < -0.39 is 22.2 Å². The minimum absolute atomic E-state index is 0.00625. The molecule has 1 aromatic carbocycles. The minimum atomic E-state index is -2.17. The van der Waals surface area contributed by atoms with Crippen molar-refractivity contribution < 1.29 is 23.4 Å². The second kappa shape index (κ2) is 12.3. The van der Waals surface area contributed by atoms with E-state index in [9.17, 15) is 5.11 Å². The molecule has 1 aliphatic rings. The number of aliphatic hydroxyl groups is 1. The monoisotopic (exact) mass is 564 g/mol. The quantitative estimate of drug-likeness (QED) is 0.218. The fraction of sp³-hybridized carbons (Fsp3) is 0.742. The third kappa shape index (κ3) is 7.82. The first-order valence-corrected chi connectivity index (χ1v) is 20.0. The lowest BCUT2D eigenvalue weighted by Gasteiger charge is -2.47. The lowest BCUT2D eigenvalue weighted by atomic mass is 9.89. The summed E-state index contributed by atoms with van der Waals surface area (Å²) < 4.78 is 26.4. The van der Waals surface area contributed by atoms with E-state index in [2.05, 4.69) is 80.7 Å². The zero-order valence-electron chi connectivity index (χ0n) is 26.5. The molecule has 38 heavy (non-hydrogen) atoms. The third-order valence-corrected chi connectivity index (χ3v) is 18.2. The first kappa shape index (κ1) is 33.2. The molecule has 218 valence electrons. The summed E-state index contributed by atoms with van der Waals surface area (Å²) in [7, 11) is -2.55. The van der Waals surface area contributed by atoms with Crippen molar-refractivity contribution in [2.24, 2.45) is 11.8 Å². The van der Waals surface area contributed by atoms with Gasteiger partial charge in [0, 0.05) is 5.92 Å². The topological polar surface area (TPSA) is 57.2 Å². The van der Waals surface area contributed by atoms with E-state index in [4.69, 9.17) is 18.3 Å². The molecular weight excluding hydrogens is 509 g/mol. The zero-order chi connectivity index (χ0) is 29.2. The number of hydrogen-bond acceptors (Lipinski definition) is 5. The minimum Gasteiger partial charge on any atom is -0.497 e. The summed E-state index contributed by atoms with van der Waals surface area (Å²) in [6, 6.07) is 8.04. The lowest BCUT2D eigenvalue weighted by Crippen LogP contribution is -2.55. The molecule has 0 radical (unpaired) electrons. The SMILES string of the molecule is COc1ccc(COC[C@@]2(O[Si](C)(C)C(C)(C)C)C[C@H](C)[C@@H](O[Si](C)(C)C(C)(C)C)[C@@H]2/C=C(\C)CO)cc1. The highest BCUT2D eigenvalue weighted by Crippen LogP contribution is 2.52. The van der Waals surface area contributed by atoms with Gasteiger partial charge in [0.05, 0.1) is 38.6 Å². The summed E-state index contributed by atoms with van der Waals surface area (Å²) >= 11 is 0. The van der Waals surface area contributed by atoms with Crippen molar-refractivity contribution in [3.05, 3.63) is 41.5 Å². The third-order valence-electron chi connectivity index (χ3n) is 9.18. The van der Waals surface area contributed by atoms with Crippen LogP contribution >= 0.6 is 0 Å². The molecule has 0 bridgehead atoms. The number of hydrogen-bond donors (Lipinski definition) is 1. The number of methoxy groups -OCH3 is 1. The van der Waals surface area contributed by atoms with Crippen LogP contribution in [0, 0.1) is 11.8 Å². The molecule has 0 spiro atoms. The second-order valence-corrected chi connectivity index (χ2v) is 24.0. The van der Waals surface area contributed by atoms with Crippen LogP contribution in [0.4, 0.5) is 0 Å². The lowest BCUT2D eigenvalue weighted by molar-refractivity contribution is -0.0655. The fourth-order valence-electron chi connectivity index (χ4n) is 4.78. The predicted octanol–water partition coefficient (Wildman–Crippen LogP) is 7.96. The standard InChI is InChI=1S/C31H56O5Si2/c1-23(20-32)18-27-28(35-37(10,11)29(3,4)5)24(2)19-31(27,36-38(12,13)30(6,7)8)22-34-21-25-14-16-26(33-9)17-15-25/h14-18,24,27-28,32H,19-22H2,1-13H3/b23-18+/t24-,27-,28+,31-/m0/s1. The predicted molar refractivity (Wildman–Crippen MR) is 164 cm³/mol. The van der Waals surface area contributed by atoms with Crippen molar-refractivity contribution in [3.63, 3.8) is 0 Å². The number of aliphatic hydroxyl groups excluding tert-OH is 1. The Morgan fingerprint density at radius 1 is 1.00 bits per heavy atom. The smallest absolute Gasteiger partial charge is 0.192 e. The Morgan fingerprint density at radius 2 is 1.55 bits per heavy atom. The van der Waals surface area contributed by atoms with E-state index >= 15 is 0 Å². The fourth-order valence-corrected chi connectivity index (χ4v) is 7.80. The van der Waals surface area contributed by atoms with E-state index in [1.165, 1.54) is 0 Å². The molecule has 0 aliphatic heterocycles. The van der Waals surface area contributed by atoms with Gasteiger partial charge in [-0.3, -0.25) is 0 Å². The molecule has 7 heteroatoms. The van der Waals surface area contributed by atoms with Crippen LogP contribution < -0.4 is 4.74 Å². The molecule has 2 rings (SSSR count). The summed E-state index contributed by atoms with van der Waals surface area (Å²) in [6.07, 6.45) is 3.10. The Kier molecular flexibility index (Phi) is 10.7. The Labute approximate surface area is 235 Å². The molecule has 0 heterocycles. The number of benzene rings is 1. The van der Waals surface area contributed by atoms with Crippen LogP contribution in [0.2, 0.25) is 36.3 Å². The molecule has 1 fully saturated rings. The maximum Gasteiger partial charge on any atom is 0.192 e. The van der Waals surface area contributed by atoms with E-state index in [0.29, 0.717) is 19.1 Å². The van der Waals surface area contributed by atoms with Crippen molar-refractivity contribution in [2.75, 3.05) is 20.3 Å². The van der Waals surface area contributed by atoms with E-state index in [1.807, 2.05) is 31.2 Å². The maximum absolute atomic E-state index is 10.0. The first-order chi connectivity index (χ1) is 17.3. The molecule has 0 unspecified atom stereocenters. The first-order valence-electron chi connectivity index (χ1n) is 14.2. The van der Waals surface area contributed by atoms with E-state index in [1.54, 1.807) is 7.11 Å². The van der Waals surface area contributed by atoms with Crippen LogP contribution in [0.3, 0.4) is 0 Å². The number of ether oxygens (including phenoxy) is 2. The highest BCUT2D eigenvalue weighted by Gasteiger charge is 2.58. The summed E-state index contributed by atoms with van der Waals surface area (Å²) in [5.41, 5.74) is 1.52. The highest BCUT2D eigenvalue weighted by atomic mass is 28.4. The summed E-state index contributed by atoms with van der Waals surface area (Å²) in [5.74, 6) is 1.13. The highest BCUT2D eigenvalue weighted by molar-refractivity contribution is 6.74. The van der Waals surface area contributed by atoms with Gasteiger partial charge in [-0.1, -0.05) is 72.2 Å². The summed E-state index contributed by atoms with van der Waals surface area (Å²) in [6.45, 7) is 28.4. The van der Waals surface area contributed by atoms with Gasteiger partial charge in [0.15, 0.2) is 16.6 Å². The zero-order valence-corrected chi connectivity index (χ0v) is 28.5. The largest absolute Gasteiger partial charge is 0.497 e. The van der Waals surface area contributed by atoms with Crippen molar-refractivity contribution >= 4 is 16.6 Å². The maximum atomic E-state index is 10.0. The normalized spacial score (nSPS) is 25.6. The van der Waals surface area contributed by atoms with Crippen LogP contribution in [0.1, 0.15) is 67.4 Å². The van der Waals surface area contributed by atoms with Crippen molar-refractivity contribution in [1.29, 1.82) is 0 Å². The van der Waals surface area contributed by atoms with Crippen molar-refractivity contribution in [3.8, 4) is 5.75 Å².